The van der Waals surface area contributed by atoms with E-state index in [1.165, 1.54) is 0 Å². The van der Waals surface area contributed by atoms with Gasteiger partial charge in [0.1, 0.15) is 11.3 Å². The van der Waals surface area contributed by atoms with Crippen molar-refractivity contribution in [3.8, 4) is 11.6 Å². The second-order valence-corrected chi connectivity index (χ2v) is 4.91. The molecule has 0 aliphatic carbocycles. The van der Waals surface area contributed by atoms with Crippen LogP contribution >= 0.6 is 22.6 Å². The normalized spacial score (nSPS) is 10.1. The Kier molecular flexibility index (Phi) is 3.81. The molecule has 0 saturated heterocycles. The van der Waals surface area contributed by atoms with Crippen LogP contribution in [0.15, 0.2) is 36.4 Å². The van der Waals surface area contributed by atoms with Crippen LogP contribution < -0.4 is 4.74 Å². The quantitative estimate of drug-likeness (QED) is 0.857. The molecule has 0 bridgehead atoms. The molecule has 0 saturated carbocycles. The Bertz CT molecular complexity index is 599. The first kappa shape index (κ1) is 12.8. The number of aromatic nitrogens is 1. The van der Waals surface area contributed by atoms with Gasteiger partial charge in [0.25, 0.3) is 0 Å². The molecule has 1 aromatic heterocycles. The molecule has 92 valence electrons. The summed E-state index contributed by atoms with van der Waals surface area (Å²) in [7, 11) is 0. The van der Waals surface area contributed by atoms with Crippen LogP contribution in [0.25, 0.3) is 0 Å². The Balaban J connectivity index is 2.37. The fraction of sp³-hybridized carbons (Fsp3) is 0.0769. The highest BCUT2D eigenvalue weighted by atomic mass is 127. The topological polar surface area (TPSA) is 59.4 Å². The van der Waals surface area contributed by atoms with E-state index in [-0.39, 0.29) is 5.56 Å². The largest absolute Gasteiger partial charge is 0.478 e. The van der Waals surface area contributed by atoms with Crippen molar-refractivity contribution < 1.29 is 14.6 Å². The van der Waals surface area contributed by atoms with Gasteiger partial charge in [0.15, 0.2) is 0 Å². The third kappa shape index (κ3) is 2.98. The molecule has 1 N–H and O–H groups in total. The first-order valence-corrected chi connectivity index (χ1v) is 6.28. The van der Waals surface area contributed by atoms with Crippen molar-refractivity contribution in [2.75, 3.05) is 0 Å². The van der Waals surface area contributed by atoms with Gasteiger partial charge in [-0.25, -0.2) is 9.78 Å². The molecular weight excluding hydrogens is 345 g/mol. The SMILES string of the molecule is Cc1cccc(Oc2ccc(I)cc2C(=O)O)n1. The molecule has 0 unspecified atom stereocenters. The lowest BCUT2D eigenvalue weighted by Crippen LogP contribution is -2.01. The lowest BCUT2D eigenvalue weighted by atomic mass is 10.2. The van der Waals surface area contributed by atoms with Crippen LogP contribution in [0, 0.1) is 10.5 Å². The van der Waals surface area contributed by atoms with Gasteiger partial charge in [-0.05, 0) is 53.8 Å². The second kappa shape index (κ2) is 5.34. The van der Waals surface area contributed by atoms with Crippen LogP contribution in [-0.2, 0) is 0 Å². The lowest BCUT2D eigenvalue weighted by Gasteiger charge is -2.08. The third-order valence-electron chi connectivity index (χ3n) is 2.25. The minimum absolute atomic E-state index is 0.130. The van der Waals surface area contributed by atoms with E-state index in [1.807, 2.05) is 19.1 Å². The van der Waals surface area contributed by atoms with Crippen molar-refractivity contribution in [1.29, 1.82) is 0 Å². The number of hydrogen-bond acceptors (Lipinski definition) is 3. The summed E-state index contributed by atoms with van der Waals surface area (Å²) in [6.07, 6.45) is 0. The summed E-state index contributed by atoms with van der Waals surface area (Å²) in [5.74, 6) is -0.337. The lowest BCUT2D eigenvalue weighted by molar-refractivity contribution is 0.0694. The van der Waals surface area contributed by atoms with Crippen molar-refractivity contribution in [2.45, 2.75) is 6.92 Å². The summed E-state index contributed by atoms with van der Waals surface area (Å²) in [6, 6.07) is 10.3. The summed E-state index contributed by atoms with van der Waals surface area (Å²) in [5, 5.41) is 9.12. The van der Waals surface area contributed by atoms with E-state index in [0.717, 1.165) is 9.26 Å². The average Bonchev–Trinajstić information content (AvgIpc) is 2.31. The number of ether oxygens (including phenoxy) is 1. The monoisotopic (exact) mass is 355 g/mol. The Morgan fingerprint density at radius 1 is 1.33 bits per heavy atom. The van der Waals surface area contributed by atoms with Gasteiger partial charge in [-0.2, -0.15) is 0 Å². The van der Waals surface area contributed by atoms with Gasteiger partial charge in [0.05, 0.1) is 0 Å². The molecule has 0 atom stereocenters. The molecule has 0 fully saturated rings. The molecule has 0 spiro atoms. The van der Waals surface area contributed by atoms with Crippen LogP contribution in [0.3, 0.4) is 0 Å². The van der Waals surface area contributed by atoms with Gasteiger partial charge in [0.2, 0.25) is 5.88 Å². The smallest absolute Gasteiger partial charge is 0.339 e. The number of carbonyl (C=O) groups is 1. The molecule has 5 heteroatoms. The van der Waals surface area contributed by atoms with Crippen LogP contribution in [0.1, 0.15) is 16.1 Å². The van der Waals surface area contributed by atoms with E-state index in [9.17, 15) is 4.79 Å². The molecular formula is C13H10INO3. The average molecular weight is 355 g/mol. The summed E-state index contributed by atoms with van der Waals surface area (Å²) in [4.78, 5) is 15.3. The van der Waals surface area contributed by atoms with E-state index in [2.05, 4.69) is 27.6 Å². The van der Waals surface area contributed by atoms with Crippen molar-refractivity contribution in [3.05, 3.63) is 51.2 Å². The number of pyridine rings is 1. The molecule has 0 aliphatic rings. The number of rotatable bonds is 3. The first-order chi connectivity index (χ1) is 8.56. The Hall–Kier alpha value is -1.63. The highest BCUT2D eigenvalue weighted by Crippen LogP contribution is 2.26. The molecule has 0 radical (unpaired) electrons. The predicted molar refractivity (Wildman–Crippen MR) is 75.2 cm³/mol. The molecule has 0 aliphatic heterocycles. The number of halogens is 1. The van der Waals surface area contributed by atoms with Gasteiger partial charge in [0, 0.05) is 15.3 Å². The van der Waals surface area contributed by atoms with E-state index in [0.29, 0.717) is 11.6 Å². The van der Waals surface area contributed by atoms with E-state index >= 15 is 0 Å². The van der Waals surface area contributed by atoms with Crippen molar-refractivity contribution in [3.63, 3.8) is 0 Å². The number of aryl methyl sites for hydroxylation is 1. The minimum Gasteiger partial charge on any atom is -0.478 e. The van der Waals surface area contributed by atoms with Gasteiger partial charge in [-0.3, -0.25) is 0 Å². The maximum absolute atomic E-state index is 11.1. The zero-order chi connectivity index (χ0) is 13.1. The molecule has 2 rings (SSSR count). The number of nitrogens with zero attached hydrogens (tertiary/aromatic N) is 1. The fourth-order valence-corrected chi connectivity index (χ4v) is 1.94. The van der Waals surface area contributed by atoms with Crippen LogP contribution in [0.5, 0.6) is 11.6 Å². The van der Waals surface area contributed by atoms with Gasteiger partial charge in [-0.15, -0.1) is 0 Å². The van der Waals surface area contributed by atoms with Gasteiger partial charge >= 0.3 is 5.97 Å². The Labute approximate surface area is 118 Å². The highest BCUT2D eigenvalue weighted by Gasteiger charge is 2.13. The summed E-state index contributed by atoms with van der Waals surface area (Å²) >= 11 is 2.06. The Morgan fingerprint density at radius 2 is 2.11 bits per heavy atom. The summed E-state index contributed by atoms with van der Waals surface area (Å²) < 4.78 is 6.35. The summed E-state index contributed by atoms with van der Waals surface area (Å²) in [5.41, 5.74) is 0.945. The number of carboxylic acids is 1. The van der Waals surface area contributed by atoms with Gasteiger partial charge in [-0.1, -0.05) is 6.07 Å². The number of benzene rings is 1. The number of hydrogen-bond donors (Lipinski definition) is 1. The van der Waals surface area contributed by atoms with E-state index in [4.69, 9.17) is 9.84 Å². The zero-order valence-corrected chi connectivity index (χ0v) is 11.7. The first-order valence-electron chi connectivity index (χ1n) is 5.20. The predicted octanol–water partition coefficient (Wildman–Crippen LogP) is 3.49. The zero-order valence-electron chi connectivity index (χ0n) is 9.55. The molecule has 1 aromatic carbocycles. The molecule has 18 heavy (non-hydrogen) atoms. The van der Waals surface area contributed by atoms with Crippen LogP contribution in [-0.4, -0.2) is 16.1 Å². The van der Waals surface area contributed by atoms with Crippen molar-refractivity contribution >= 4 is 28.6 Å². The van der Waals surface area contributed by atoms with Crippen LogP contribution in [0.4, 0.5) is 0 Å². The van der Waals surface area contributed by atoms with E-state index in [1.54, 1.807) is 24.3 Å². The van der Waals surface area contributed by atoms with Crippen molar-refractivity contribution in [2.24, 2.45) is 0 Å². The molecule has 0 amide bonds. The Morgan fingerprint density at radius 3 is 2.78 bits per heavy atom. The number of carboxylic acid groups (broad SMARTS) is 1. The van der Waals surface area contributed by atoms with Gasteiger partial charge < -0.3 is 9.84 Å². The second-order valence-electron chi connectivity index (χ2n) is 3.66. The maximum Gasteiger partial charge on any atom is 0.339 e. The number of aromatic carboxylic acids is 1. The molecule has 2 aromatic rings. The fourth-order valence-electron chi connectivity index (χ4n) is 1.45. The maximum atomic E-state index is 11.1. The molecule has 1 heterocycles. The third-order valence-corrected chi connectivity index (χ3v) is 2.92. The highest BCUT2D eigenvalue weighted by molar-refractivity contribution is 14.1. The van der Waals surface area contributed by atoms with Crippen LogP contribution in [0.2, 0.25) is 0 Å². The standard InChI is InChI=1S/C13H10INO3/c1-8-3-2-4-12(15-8)18-11-6-5-9(14)7-10(11)13(16)17/h2-7H,1H3,(H,16,17). The minimum atomic E-state index is -1.02. The summed E-state index contributed by atoms with van der Waals surface area (Å²) in [6.45, 7) is 1.85. The van der Waals surface area contributed by atoms with Crippen molar-refractivity contribution in [1.82, 2.24) is 4.98 Å². The van der Waals surface area contributed by atoms with E-state index < -0.39 is 5.97 Å². The molecule has 4 nitrogen and oxygen atoms in total.